The summed E-state index contributed by atoms with van der Waals surface area (Å²) < 4.78 is 14.6. The van der Waals surface area contributed by atoms with Gasteiger partial charge in [0.1, 0.15) is 0 Å². The zero-order valence-corrected chi connectivity index (χ0v) is 8.95. The van der Waals surface area contributed by atoms with E-state index in [0.29, 0.717) is 5.56 Å². The molecule has 0 fully saturated rings. The van der Waals surface area contributed by atoms with Crippen LogP contribution in [0.25, 0.3) is 5.69 Å². The highest BCUT2D eigenvalue weighted by atomic mass is 19.1. The summed E-state index contributed by atoms with van der Waals surface area (Å²) in [5.74, 6) is -1.43. The highest BCUT2D eigenvalue weighted by Crippen LogP contribution is 2.11. The number of hydrogen-bond acceptors (Lipinski definition) is 2. The minimum atomic E-state index is -1.86. The van der Waals surface area contributed by atoms with Gasteiger partial charge in [0.2, 0.25) is 6.17 Å². The molecule has 4 nitrogen and oxygen atoms in total. The van der Waals surface area contributed by atoms with Crippen LogP contribution in [0, 0.1) is 0 Å². The molecule has 88 valence electrons. The molecule has 0 bridgehead atoms. The summed E-state index contributed by atoms with van der Waals surface area (Å²) in [6, 6.07) is 8.75. The smallest absolute Gasteiger partial charge is 0.338 e. The van der Waals surface area contributed by atoms with E-state index in [9.17, 15) is 9.18 Å². The maximum Gasteiger partial charge on any atom is 0.338 e. The van der Waals surface area contributed by atoms with Gasteiger partial charge in [0.15, 0.2) is 0 Å². The molecule has 1 aromatic carbocycles. The van der Waals surface area contributed by atoms with Gasteiger partial charge in [-0.3, -0.25) is 0 Å². The lowest BCUT2D eigenvalue weighted by Crippen LogP contribution is -2.17. The van der Waals surface area contributed by atoms with Gasteiger partial charge in [0.25, 0.3) is 0 Å². The largest absolute Gasteiger partial charge is 0.479 e. The number of alkyl halides is 1. The lowest BCUT2D eigenvalue weighted by atomic mass is 10.1. The molecule has 0 spiro atoms. The van der Waals surface area contributed by atoms with Crippen LogP contribution in [0.4, 0.5) is 4.39 Å². The molecule has 1 aromatic heterocycles. The maximum atomic E-state index is 13.0. The number of rotatable bonds is 4. The predicted octanol–water partition coefficient (Wildman–Crippen LogP) is 1.84. The number of benzene rings is 1. The number of halogens is 1. The summed E-state index contributed by atoms with van der Waals surface area (Å²) in [6.45, 7) is 0. The van der Waals surface area contributed by atoms with E-state index >= 15 is 0 Å². The van der Waals surface area contributed by atoms with Crippen LogP contribution in [0.1, 0.15) is 5.56 Å². The topological polar surface area (TPSA) is 55.1 Å². The van der Waals surface area contributed by atoms with Crippen molar-refractivity contribution in [3.63, 3.8) is 0 Å². The molecule has 2 aromatic rings. The third-order valence-corrected chi connectivity index (χ3v) is 2.39. The Morgan fingerprint density at radius 1 is 1.41 bits per heavy atom. The lowest BCUT2D eigenvalue weighted by molar-refractivity contribution is -0.142. The van der Waals surface area contributed by atoms with Gasteiger partial charge >= 0.3 is 5.97 Å². The molecular formula is C12H11FN2O2. The maximum absolute atomic E-state index is 13.0. The van der Waals surface area contributed by atoms with Crippen molar-refractivity contribution in [1.82, 2.24) is 9.78 Å². The quantitative estimate of drug-likeness (QED) is 0.878. The van der Waals surface area contributed by atoms with Gasteiger partial charge in [-0.1, -0.05) is 12.1 Å². The van der Waals surface area contributed by atoms with Gasteiger partial charge in [-0.25, -0.2) is 13.9 Å². The Morgan fingerprint density at radius 3 is 2.65 bits per heavy atom. The van der Waals surface area contributed by atoms with Gasteiger partial charge in [-0.15, -0.1) is 0 Å². The van der Waals surface area contributed by atoms with E-state index in [4.69, 9.17) is 5.11 Å². The zero-order chi connectivity index (χ0) is 12.3. The number of carbonyl (C=O) groups is 1. The molecule has 0 saturated carbocycles. The average Bonchev–Trinajstić information content (AvgIpc) is 2.83. The van der Waals surface area contributed by atoms with Crippen molar-refractivity contribution < 1.29 is 14.3 Å². The number of aliphatic carboxylic acids is 1. The minimum absolute atomic E-state index is 0.116. The van der Waals surface area contributed by atoms with Gasteiger partial charge in [0.05, 0.1) is 5.69 Å². The summed E-state index contributed by atoms with van der Waals surface area (Å²) in [4.78, 5) is 10.4. The Morgan fingerprint density at radius 2 is 2.12 bits per heavy atom. The van der Waals surface area contributed by atoms with Crippen molar-refractivity contribution in [1.29, 1.82) is 0 Å². The molecule has 2 rings (SSSR count). The molecule has 17 heavy (non-hydrogen) atoms. The molecule has 1 atom stereocenters. The van der Waals surface area contributed by atoms with Gasteiger partial charge in [-0.2, -0.15) is 5.10 Å². The van der Waals surface area contributed by atoms with E-state index in [1.165, 1.54) is 0 Å². The molecule has 0 saturated heterocycles. The molecule has 0 radical (unpaired) electrons. The molecule has 1 unspecified atom stereocenters. The second-order valence-electron chi connectivity index (χ2n) is 3.63. The molecule has 1 heterocycles. The van der Waals surface area contributed by atoms with Crippen molar-refractivity contribution in [3.8, 4) is 5.69 Å². The highest BCUT2D eigenvalue weighted by molar-refractivity contribution is 5.72. The number of nitrogens with zero attached hydrogens (tertiary/aromatic N) is 2. The SMILES string of the molecule is O=C(O)C(F)Cc1ccc(-n2cccn2)cc1. The molecule has 0 aliphatic rings. The minimum Gasteiger partial charge on any atom is -0.479 e. The standard InChI is InChI=1S/C12H11FN2O2/c13-11(12(16)17)8-9-2-4-10(5-3-9)15-7-1-6-14-15/h1-7,11H,8H2,(H,16,17). The summed E-state index contributed by atoms with van der Waals surface area (Å²) in [5.41, 5.74) is 1.50. The van der Waals surface area contributed by atoms with Crippen molar-refractivity contribution in [2.45, 2.75) is 12.6 Å². The Balaban J connectivity index is 2.11. The van der Waals surface area contributed by atoms with Crippen LogP contribution in [0.3, 0.4) is 0 Å². The first-order valence-electron chi connectivity index (χ1n) is 5.12. The second-order valence-corrected chi connectivity index (χ2v) is 3.63. The summed E-state index contributed by atoms with van der Waals surface area (Å²) in [5, 5.41) is 12.5. The van der Waals surface area contributed by atoms with Gasteiger partial charge < -0.3 is 5.11 Å². The predicted molar refractivity (Wildman–Crippen MR) is 59.8 cm³/mol. The molecule has 1 N–H and O–H groups in total. The molecule has 0 aliphatic heterocycles. The van der Waals surface area contributed by atoms with Crippen molar-refractivity contribution in [2.24, 2.45) is 0 Å². The van der Waals surface area contributed by atoms with Crippen molar-refractivity contribution in [2.75, 3.05) is 0 Å². The van der Waals surface area contributed by atoms with Crippen LogP contribution >= 0.6 is 0 Å². The third kappa shape index (κ3) is 2.69. The van der Waals surface area contributed by atoms with E-state index in [-0.39, 0.29) is 6.42 Å². The van der Waals surface area contributed by atoms with Crippen LogP contribution in [0.5, 0.6) is 0 Å². The van der Waals surface area contributed by atoms with E-state index in [2.05, 4.69) is 5.10 Å². The summed E-state index contributed by atoms with van der Waals surface area (Å²) in [7, 11) is 0. The first-order valence-corrected chi connectivity index (χ1v) is 5.12. The van der Waals surface area contributed by atoms with Crippen LogP contribution in [0.15, 0.2) is 42.7 Å². The number of carboxylic acids is 1. The molecule has 0 amide bonds. The molecular weight excluding hydrogens is 223 g/mol. The fraction of sp³-hybridized carbons (Fsp3) is 0.167. The first-order chi connectivity index (χ1) is 8.16. The van der Waals surface area contributed by atoms with Crippen molar-refractivity contribution in [3.05, 3.63) is 48.3 Å². The highest BCUT2D eigenvalue weighted by Gasteiger charge is 2.15. The van der Waals surface area contributed by atoms with Crippen LogP contribution < -0.4 is 0 Å². The fourth-order valence-electron chi connectivity index (χ4n) is 1.50. The Bertz CT molecular complexity index is 494. The van der Waals surface area contributed by atoms with Crippen LogP contribution in [0.2, 0.25) is 0 Å². The normalized spacial score (nSPS) is 12.3. The average molecular weight is 234 g/mol. The van der Waals surface area contributed by atoms with E-state index < -0.39 is 12.1 Å². The third-order valence-electron chi connectivity index (χ3n) is 2.39. The van der Waals surface area contributed by atoms with E-state index in [0.717, 1.165) is 5.69 Å². The second kappa shape index (κ2) is 4.78. The van der Waals surface area contributed by atoms with Crippen LogP contribution in [-0.2, 0) is 11.2 Å². The monoisotopic (exact) mass is 234 g/mol. The van der Waals surface area contributed by atoms with E-state index in [1.807, 2.05) is 0 Å². The van der Waals surface area contributed by atoms with E-state index in [1.54, 1.807) is 47.4 Å². The summed E-state index contributed by atoms with van der Waals surface area (Å²) >= 11 is 0. The number of carboxylic acid groups (broad SMARTS) is 1. The molecule has 0 aliphatic carbocycles. The Hall–Kier alpha value is -2.17. The summed E-state index contributed by atoms with van der Waals surface area (Å²) in [6.07, 6.45) is 1.49. The number of aromatic nitrogens is 2. The fourth-order valence-corrected chi connectivity index (χ4v) is 1.50. The number of hydrogen-bond donors (Lipinski definition) is 1. The zero-order valence-electron chi connectivity index (χ0n) is 8.95. The lowest BCUT2D eigenvalue weighted by Gasteiger charge is -2.05. The van der Waals surface area contributed by atoms with Crippen LogP contribution in [-0.4, -0.2) is 27.0 Å². The van der Waals surface area contributed by atoms with Gasteiger partial charge in [-0.05, 0) is 23.8 Å². The van der Waals surface area contributed by atoms with Gasteiger partial charge in [0, 0.05) is 18.8 Å². The molecule has 5 heteroatoms. The van der Waals surface area contributed by atoms with Crippen molar-refractivity contribution >= 4 is 5.97 Å². The Labute approximate surface area is 97.3 Å². The Kier molecular flexibility index (Phi) is 3.18. The first kappa shape index (κ1) is 11.3.